The fraction of sp³-hybridized carbons (Fsp3) is 0.312. The second kappa shape index (κ2) is 5.78. The zero-order valence-corrected chi connectivity index (χ0v) is 13.5. The van der Waals surface area contributed by atoms with Gasteiger partial charge in [0.05, 0.1) is 16.4 Å². The van der Waals surface area contributed by atoms with Crippen molar-refractivity contribution in [2.24, 2.45) is 0 Å². The molecule has 1 aromatic carbocycles. The van der Waals surface area contributed by atoms with Gasteiger partial charge in [-0.15, -0.1) is 11.6 Å². The highest BCUT2D eigenvalue weighted by molar-refractivity contribution is 7.07. The lowest BCUT2D eigenvalue weighted by Crippen LogP contribution is -2.12. The number of halogens is 2. The number of benzene rings is 1. The van der Waals surface area contributed by atoms with Crippen LogP contribution < -0.4 is 0 Å². The lowest BCUT2D eigenvalue weighted by atomic mass is 10.1. The Morgan fingerprint density at radius 3 is 2.81 bits per heavy atom. The van der Waals surface area contributed by atoms with Gasteiger partial charge in [-0.1, -0.05) is 0 Å². The molecule has 2 aromatic heterocycles. The van der Waals surface area contributed by atoms with Gasteiger partial charge in [0.15, 0.2) is 0 Å². The van der Waals surface area contributed by atoms with Gasteiger partial charge < -0.3 is 4.57 Å². The van der Waals surface area contributed by atoms with E-state index < -0.39 is 0 Å². The topological polar surface area (TPSA) is 17.8 Å². The van der Waals surface area contributed by atoms with Crippen molar-refractivity contribution < 1.29 is 4.39 Å². The molecule has 21 heavy (non-hydrogen) atoms. The summed E-state index contributed by atoms with van der Waals surface area (Å²) in [5.74, 6) is 0.520. The predicted molar refractivity (Wildman–Crippen MR) is 86.7 cm³/mol. The molecule has 0 aliphatic rings. The summed E-state index contributed by atoms with van der Waals surface area (Å²) in [5, 5.41) is 4.01. The van der Waals surface area contributed by atoms with Crippen molar-refractivity contribution in [2.45, 2.75) is 31.7 Å². The van der Waals surface area contributed by atoms with Crippen molar-refractivity contribution >= 4 is 34.0 Å². The van der Waals surface area contributed by atoms with Gasteiger partial charge in [0.25, 0.3) is 0 Å². The normalized spacial score (nSPS) is 14.5. The number of hydrogen-bond acceptors (Lipinski definition) is 2. The summed E-state index contributed by atoms with van der Waals surface area (Å²) in [6.45, 7) is 4.04. The lowest BCUT2D eigenvalue weighted by molar-refractivity contribution is 0.535. The Hall–Kier alpha value is -1.39. The minimum atomic E-state index is -0.272. The van der Waals surface area contributed by atoms with Crippen LogP contribution in [0.15, 0.2) is 35.0 Å². The summed E-state index contributed by atoms with van der Waals surface area (Å²) in [7, 11) is 0. The molecular formula is C16H16ClFN2S. The molecule has 2 atom stereocenters. The van der Waals surface area contributed by atoms with Crippen LogP contribution in [0.3, 0.4) is 0 Å². The molecule has 0 aliphatic heterocycles. The Morgan fingerprint density at radius 2 is 2.14 bits per heavy atom. The van der Waals surface area contributed by atoms with Crippen LogP contribution in [0.25, 0.3) is 11.0 Å². The maximum absolute atomic E-state index is 13.4. The number of imidazole rings is 1. The third-order valence-corrected chi connectivity index (χ3v) is 4.51. The molecule has 2 nitrogen and oxygen atoms in total. The average Bonchev–Trinajstić information content (AvgIpc) is 3.04. The molecular weight excluding hydrogens is 307 g/mol. The Labute approximate surface area is 132 Å². The Bertz CT molecular complexity index is 749. The largest absolute Gasteiger partial charge is 0.324 e. The molecule has 0 saturated carbocycles. The van der Waals surface area contributed by atoms with Gasteiger partial charge in [-0.25, -0.2) is 9.37 Å². The Balaban J connectivity index is 2.08. The first-order valence-electron chi connectivity index (χ1n) is 6.89. The number of thiophene rings is 1. The summed E-state index contributed by atoms with van der Waals surface area (Å²) in [4.78, 5) is 4.52. The zero-order chi connectivity index (χ0) is 15.0. The quantitative estimate of drug-likeness (QED) is 0.593. The second-order valence-electron chi connectivity index (χ2n) is 5.27. The molecule has 5 heteroatoms. The van der Waals surface area contributed by atoms with Crippen molar-refractivity contribution in [1.82, 2.24) is 9.55 Å². The van der Waals surface area contributed by atoms with Crippen LogP contribution in [0.2, 0.25) is 0 Å². The molecule has 0 bridgehead atoms. The molecule has 0 aliphatic carbocycles. The van der Waals surface area contributed by atoms with E-state index in [1.54, 1.807) is 17.4 Å². The monoisotopic (exact) mass is 322 g/mol. The maximum atomic E-state index is 13.4. The van der Waals surface area contributed by atoms with Crippen molar-refractivity contribution in [3.8, 4) is 0 Å². The first-order valence-corrected chi connectivity index (χ1v) is 8.26. The van der Waals surface area contributed by atoms with Crippen LogP contribution in [0.1, 0.15) is 36.7 Å². The van der Waals surface area contributed by atoms with E-state index in [2.05, 4.69) is 33.3 Å². The molecule has 0 fully saturated rings. The van der Waals surface area contributed by atoms with Gasteiger partial charge in [0.2, 0.25) is 0 Å². The lowest BCUT2D eigenvalue weighted by Gasteiger charge is -2.18. The predicted octanol–water partition coefficient (Wildman–Crippen LogP) is 5.34. The molecule has 3 rings (SSSR count). The molecule has 0 spiro atoms. The van der Waals surface area contributed by atoms with E-state index in [0.29, 0.717) is 5.52 Å². The maximum Gasteiger partial charge on any atom is 0.127 e. The van der Waals surface area contributed by atoms with Gasteiger partial charge in [-0.05, 0) is 54.8 Å². The number of rotatable bonds is 4. The van der Waals surface area contributed by atoms with E-state index in [0.717, 1.165) is 17.8 Å². The first kappa shape index (κ1) is 14.5. The zero-order valence-electron chi connectivity index (χ0n) is 11.9. The third-order valence-electron chi connectivity index (χ3n) is 3.59. The van der Waals surface area contributed by atoms with Crippen molar-refractivity contribution in [3.63, 3.8) is 0 Å². The summed E-state index contributed by atoms with van der Waals surface area (Å²) in [6, 6.07) is 7.06. The van der Waals surface area contributed by atoms with Crippen molar-refractivity contribution in [1.29, 1.82) is 0 Å². The van der Waals surface area contributed by atoms with Crippen LogP contribution in [0.4, 0.5) is 4.39 Å². The van der Waals surface area contributed by atoms with E-state index >= 15 is 0 Å². The fourth-order valence-corrected chi connectivity index (χ4v) is 3.51. The minimum absolute atomic E-state index is 0.214. The standard InChI is InChI=1S/C16H16ClFN2S/c1-10(7-12-5-6-21-9-12)20-15-4-3-13(18)8-14(15)19-16(20)11(2)17/h3-6,8-11H,7H2,1-2H3. The minimum Gasteiger partial charge on any atom is -0.324 e. The number of fused-ring (bicyclic) bond motifs is 1. The Morgan fingerprint density at radius 1 is 1.33 bits per heavy atom. The molecule has 2 heterocycles. The molecule has 2 unspecified atom stereocenters. The van der Waals surface area contributed by atoms with Crippen LogP contribution >= 0.6 is 22.9 Å². The molecule has 0 saturated heterocycles. The Kier molecular flexibility index (Phi) is 4.00. The summed E-state index contributed by atoms with van der Waals surface area (Å²) in [6.07, 6.45) is 0.906. The van der Waals surface area contributed by atoms with E-state index in [4.69, 9.17) is 11.6 Å². The van der Waals surface area contributed by atoms with Crippen LogP contribution in [0, 0.1) is 5.82 Å². The summed E-state index contributed by atoms with van der Waals surface area (Å²) < 4.78 is 15.5. The van der Waals surface area contributed by atoms with E-state index in [-0.39, 0.29) is 17.2 Å². The summed E-state index contributed by atoms with van der Waals surface area (Å²) in [5.41, 5.74) is 2.89. The van der Waals surface area contributed by atoms with Crippen LogP contribution in [0.5, 0.6) is 0 Å². The number of alkyl halides is 1. The molecule has 0 radical (unpaired) electrons. The van der Waals surface area contributed by atoms with E-state index in [9.17, 15) is 4.39 Å². The van der Waals surface area contributed by atoms with Crippen LogP contribution in [-0.4, -0.2) is 9.55 Å². The van der Waals surface area contributed by atoms with Gasteiger partial charge in [-0.3, -0.25) is 0 Å². The van der Waals surface area contributed by atoms with Gasteiger partial charge in [-0.2, -0.15) is 11.3 Å². The number of hydrogen-bond donors (Lipinski definition) is 0. The number of aromatic nitrogens is 2. The summed E-state index contributed by atoms with van der Waals surface area (Å²) >= 11 is 7.96. The van der Waals surface area contributed by atoms with Gasteiger partial charge in [0, 0.05) is 12.1 Å². The van der Waals surface area contributed by atoms with Crippen molar-refractivity contribution in [2.75, 3.05) is 0 Å². The average molecular weight is 323 g/mol. The molecule has 110 valence electrons. The molecule has 0 amide bonds. The highest BCUT2D eigenvalue weighted by Crippen LogP contribution is 2.30. The molecule has 3 aromatic rings. The SMILES string of the molecule is CC(Cl)c1nc2cc(F)ccc2n1C(C)Cc1ccsc1. The highest BCUT2D eigenvalue weighted by Gasteiger charge is 2.19. The fourth-order valence-electron chi connectivity index (χ4n) is 2.68. The first-order chi connectivity index (χ1) is 10.1. The smallest absolute Gasteiger partial charge is 0.127 e. The van der Waals surface area contributed by atoms with Crippen molar-refractivity contribution in [3.05, 3.63) is 52.2 Å². The second-order valence-corrected chi connectivity index (χ2v) is 6.71. The van der Waals surface area contributed by atoms with E-state index in [1.165, 1.54) is 17.7 Å². The van der Waals surface area contributed by atoms with Crippen LogP contribution in [-0.2, 0) is 6.42 Å². The van der Waals surface area contributed by atoms with E-state index in [1.807, 2.05) is 6.92 Å². The van der Waals surface area contributed by atoms with Gasteiger partial charge in [0.1, 0.15) is 11.6 Å². The van der Waals surface area contributed by atoms with Gasteiger partial charge >= 0.3 is 0 Å². The molecule has 0 N–H and O–H groups in total. The third kappa shape index (κ3) is 2.83. The highest BCUT2D eigenvalue weighted by atomic mass is 35.5. The number of nitrogens with zero attached hydrogens (tertiary/aromatic N) is 2.